The number of nitrogens with zero attached hydrogens (tertiary/aromatic N) is 2. The molecule has 22 heavy (non-hydrogen) atoms. The zero-order chi connectivity index (χ0) is 15.9. The quantitative estimate of drug-likeness (QED) is 0.854. The molecule has 1 N–H and O–H groups in total. The van der Waals surface area contributed by atoms with E-state index in [1.807, 2.05) is 38.1 Å². The van der Waals surface area contributed by atoms with Gasteiger partial charge in [-0.05, 0) is 38.0 Å². The third-order valence-electron chi connectivity index (χ3n) is 3.44. The zero-order valence-electron chi connectivity index (χ0n) is 13.4. The number of nitrogens with one attached hydrogen (secondary N) is 1. The number of aryl methyl sites for hydroxylation is 1. The molecule has 1 heterocycles. The van der Waals surface area contributed by atoms with Crippen molar-refractivity contribution in [2.75, 3.05) is 11.9 Å². The van der Waals surface area contributed by atoms with Gasteiger partial charge in [-0.2, -0.15) is 5.10 Å². The number of hydrogen-bond donors (Lipinski definition) is 1. The van der Waals surface area contributed by atoms with Gasteiger partial charge in [-0.3, -0.25) is 4.79 Å². The lowest BCUT2D eigenvalue weighted by molar-refractivity contribution is 0.317. The standard InChI is InChI=1S/C17H23N3O2/c1-4-9-22-15-8-6-7-14(10-15)11-18-16-12-19-20(5-2)17(21)13(16)3/h6-8,10,12,18H,4-5,9,11H2,1-3H3. The van der Waals surface area contributed by atoms with Crippen molar-refractivity contribution in [3.05, 3.63) is 51.9 Å². The predicted molar refractivity (Wildman–Crippen MR) is 88.5 cm³/mol. The highest BCUT2D eigenvalue weighted by Crippen LogP contribution is 2.16. The minimum Gasteiger partial charge on any atom is -0.494 e. The number of hydrogen-bond acceptors (Lipinski definition) is 4. The highest BCUT2D eigenvalue weighted by atomic mass is 16.5. The number of benzene rings is 1. The second kappa shape index (κ2) is 7.64. The van der Waals surface area contributed by atoms with Crippen molar-refractivity contribution in [3.63, 3.8) is 0 Å². The minimum atomic E-state index is -0.0486. The lowest BCUT2D eigenvalue weighted by Crippen LogP contribution is -2.25. The molecule has 118 valence electrons. The van der Waals surface area contributed by atoms with Crippen molar-refractivity contribution in [3.8, 4) is 5.75 Å². The van der Waals surface area contributed by atoms with Crippen LogP contribution in [-0.2, 0) is 13.1 Å². The van der Waals surface area contributed by atoms with E-state index in [4.69, 9.17) is 4.74 Å². The molecule has 0 saturated heterocycles. The molecular formula is C17H23N3O2. The number of aromatic nitrogens is 2. The number of anilines is 1. The van der Waals surface area contributed by atoms with E-state index in [1.54, 1.807) is 6.20 Å². The average Bonchev–Trinajstić information content (AvgIpc) is 2.55. The molecule has 5 heteroatoms. The smallest absolute Gasteiger partial charge is 0.271 e. The molecule has 2 aromatic rings. The van der Waals surface area contributed by atoms with Gasteiger partial charge in [0.05, 0.1) is 18.5 Å². The molecule has 0 saturated carbocycles. The Hall–Kier alpha value is -2.30. The van der Waals surface area contributed by atoms with Gasteiger partial charge in [0.1, 0.15) is 5.75 Å². The van der Waals surface area contributed by atoms with Crippen LogP contribution in [0.4, 0.5) is 5.69 Å². The molecule has 0 aliphatic heterocycles. The van der Waals surface area contributed by atoms with Crippen LogP contribution < -0.4 is 15.6 Å². The highest BCUT2D eigenvalue weighted by molar-refractivity contribution is 5.47. The summed E-state index contributed by atoms with van der Waals surface area (Å²) in [5.74, 6) is 0.873. The average molecular weight is 301 g/mol. The minimum absolute atomic E-state index is 0.0486. The first-order chi connectivity index (χ1) is 10.7. The van der Waals surface area contributed by atoms with Crippen LogP contribution in [0.3, 0.4) is 0 Å². The van der Waals surface area contributed by atoms with Crippen molar-refractivity contribution in [2.24, 2.45) is 0 Å². The summed E-state index contributed by atoms with van der Waals surface area (Å²) in [5.41, 5.74) is 2.52. The number of ether oxygens (including phenoxy) is 1. The van der Waals surface area contributed by atoms with Crippen LogP contribution in [0, 0.1) is 6.92 Å². The van der Waals surface area contributed by atoms with Crippen LogP contribution in [0.1, 0.15) is 31.4 Å². The van der Waals surface area contributed by atoms with E-state index in [-0.39, 0.29) is 5.56 Å². The molecule has 5 nitrogen and oxygen atoms in total. The van der Waals surface area contributed by atoms with Gasteiger partial charge in [0.2, 0.25) is 0 Å². The summed E-state index contributed by atoms with van der Waals surface area (Å²) >= 11 is 0. The fourth-order valence-electron chi connectivity index (χ4n) is 2.15. The number of rotatable bonds is 7. The van der Waals surface area contributed by atoms with Crippen LogP contribution in [-0.4, -0.2) is 16.4 Å². The first-order valence-corrected chi connectivity index (χ1v) is 7.68. The second-order valence-electron chi connectivity index (χ2n) is 5.15. The van der Waals surface area contributed by atoms with Crippen molar-refractivity contribution in [1.29, 1.82) is 0 Å². The Bertz CT molecular complexity index is 680. The van der Waals surface area contributed by atoms with E-state index in [9.17, 15) is 4.79 Å². The molecule has 0 spiro atoms. The Morgan fingerprint density at radius 3 is 2.86 bits per heavy atom. The highest BCUT2D eigenvalue weighted by Gasteiger charge is 2.06. The third-order valence-corrected chi connectivity index (χ3v) is 3.44. The van der Waals surface area contributed by atoms with Crippen LogP contribution in [0.25, 0.3) is 0 Å². The molecule has 2 rings (SSSR count). The molecule has 0 unspecified atom stereocenters. The molecule has 0 atom stereocenters. The molecule has 0 amide bonds. The monoisotopic (exact) mass is 301 g/mol. The Kier molecular flexibility index (Phi) is 5.58. The molecule has 0 radical (unpaired) electrons. The van der Waals surface area contributed by atoms with E-state index in [0.29, 0.717) is 18.7 Å². The summed E-state index contributed by atoms with van der Waals surface area (Å²) in [6.07, 6.45) is 2.69. The van der Waals surface area contributed by atoms with Gasteiger partial charge in [-0.1, -0.05) is 19.1 Å². The summed E-state index contributed by atoms with van der Waals surface area (Å²) in [7, 11) is 0. The summed E-state index contributed by atoms with van der Waals surface area (Å²) in [4.78, 5) is 12.0. The fourth-order valence-corrected chi connectivity index (χ4v) is 2.15. The van der Waals surface area contributed by atoms with Crippen LogP contribution in [0.15, 0.2) is 35.3 Å². The Morgan fingerprint density at radius 1 is 1.32 bits per heavy atom. The van der Waals surface area contributed by atoms with Crippen molar-refractivity contribution in [2.45, 2.75) is 40.3 Å². The van der Waals surface area contributed by atoms with Gasteiger partial charge in [-0.25, -0.2) is 4.68 Å². The van der Waals surface area contributed by atoms with Crippen LogP contribution in [0.2, 0.25) is 0 Å². The van der Waals surface area contributed by atoms with Crippen molar-refractivity contribution < 1.29 is 4.74 Å². The van der Waals surface area contributed by atoms with Gasteiger partial charge in [0.25, 0.3) is 5.56 Å². The first-order valence-electron chi connectivity index (χ1n) is 7.68. The predicted octanol–water partition coefficient (Wildman–Crippen LogP) is 2.97. The SMILES string of the molecule is CCCOc1cccc(CNc2cnn(CC)c(=O)c2C)c1. The van der Waals surface area contributed by atoms with E-state index >= 15 is 0 Å². The maximum Gasteiger partial charge on any atom is 0.271 e. The van der Waals surface area contributed by atoms with E-state index in [0.717, 1.165) is 30.0 Å². The van der Waals surface area contributed by atoms with E-state index in [2.05, 4.69) is 17.3 Å². The lowest BCUT2D eigenvalue weighted by atomic mass is 10.2. The maximum absolute atomic E-state index is 12.0. The zero-order valence-corrected chi connectivity index (χ0v) is 13.4. The van der Waals surface area contributed by atoms with Crippen molar-refractivity contribution >= 4 is 5.69 Å². The van der Waals surface area contributed by atoms with Gasteiger partial charge in [0, 0.05) is 18.7 Å². The Labute approximate surface area is 130 Å². The maximum atomic E-state index is 12.0. The van der Waals surface area contributed by atoms with Gasteiger partial charge >= 0.3 is 0 Å². The van der Waals surface area contributed by atoms with E-state index in [1.165, 1.54) is 4.68 Å². The van der Waals surface area contributed by atoms with Crippen LogP contribution in [0.5, 0.6) is 5.75 Å². The molecule has 0 bridgehead atoms. The van der Waals surface area contributed by atoms with E-state index < -0.39 is 0 Å². The normalized spacial score (nSPS) is 10.5. The lowest BCUT2D eigenvalue weighted by Gasteiger charge is -2.11. The second-order valence-corrected chi connectivity index (χ2v) is 5.15. The summed E-state index contributed by atoms with van der Waals surface area (Å²) in [6, 6.07) is 7.97. The summed E-state index contributed by atoms with van der Waals surface area (Å²) < 4.78 is 7.09. The Morgan fingerprint density at radius 2 is 2.14 bits per heavy atom. The largest absolute Gasteiger partial charge is 0.494 e. The fraction of sp³-hybridized carbons (Fsp3) is 0.412. The van der Waals surface area contributed by atoms with Gasteiger partial charge in [-0.15, -0.1) is 0 Å². The van der Waals surface area contributed by atoms with Gasteiger partial charge in [0.15, 0.2) is 0 Å². The Balaban J connectivity index is 2.07. The third kappa shape index (κ3) is 3.87. The van der Waals surface area contributed by atoms with Crippen LogP contribution >= 0.6 is 0 Å². The van der Waals surface area contributed by atoms with Crippen molar-refractivity contribution in [1.82, 2.24) is 9.78 Å². The molecule has 0 fully saturated rings. The molecule has 1 aromatic heterocycles. The first kappa shape index (κ1) is 16.1. The topological polar surface area (TPSA) is 56.1 Å². The molecular weight excluding hydrogens is 278 g/mol. The molecule has 1 aromatic carbocycles. The summed E-state index contributed by atoms with van der Waals surface area (Å²) in [6.45, 7) is 7.73. The van der Waals surface area contributed by atoms with Gasteiger partial charge < -0.3 is 10.1 Å². The molecule has 0 aliphatic carbocycles. The summed E-state index contributed by atoms with van der Waals surface area (Å²) in [5, 5.41) is 7.42. The molecule has 0 aliphatic rings.